The van der Waals surface area contributed by atoms with Crippen LogP contribution in [0.15, 0.2) is 67.0 Å². The summed E-state index contributed by atoms with van der Waals surface area (Å²) in [7, 11) is 0. The molecule has 0 aliphatic rings. The number of aryl methyl sites for hydroxylation is 1. The first-order chi connectivity index (χ1) is 12.2. The Balaban J connectivity index is 1.47. The molecule has 4 nitrogen and oxygen atoms in total. The lowest BCUT2D eigenvalue weighted by Gasteiger charge is -2.09. The van der Waals surface area contributed by atoms with Gasteiger partial charge in [0, 0.05) is 36.1 Å². The van der Waals surface area contributed by atoms with Gasteiger partial charge in [-0.05, 0) is 18.1 Å². The molecule has 1 aromatic heterocycles. The number of halogens is 1. The molecule has 0 saturated carbocycles. The minimum absolute atomic E-state index is 0.0120. The Morgan fingerprint density at radius 1 is 1.08 bits per heavy atom. The molecule has 0 fully saturated rings. The van der Waals surface area contributed by atoms with Gasteiger partial charge in [-0.1, -0.05) is 60.1 Å². The van der Waals surface area contributed by atoms with E-state index in [2.05, 4.69) is 14.9 Å². The van der Waals surface area contributed by atoms with E-state index >= 15 is 0 Å². The largest absolute Gasteiger partial charge is 0.356 e. The summed E-state index contributed by atoms with van der Waals surface area (Å²) in [6.45, 7) is 1.42. The van der Waals surface area contributed by atoms with Crippen molar-refractivity contribution < 1.29 is 4.79 Å². The van der Waals surface area contributed by atoms with E-state index in [9.17, 15) is 4.79 Å². The number of imidazole rings is 1. The fourth-order valence-electron chi connectivity index (χ4n) is 2.69. The standard InChI is InChI=1S/C20H20ClN3O/c21-18-10-5-4-9-17(18)15-19(25)22-11-6-13-24-14-12-23-20(24)16-7-2-1-3-8-16/h1-5,7-10,12,14H,6,11,13,15H2,(H,22,25). The zero-order chi connectivity index (χ0) is 17.5. The van der Waals surface area contributed by atoms with Crippen LogP contribution in [0.25, 0.3) is 11.4 Å². The Hall–Kier alpha value is -2.59. The maximum Gasteiger partial charge on any atom is 0.224 e. The number of benzene rings is 2. The van der Waals surface area contributed by atoms with Crippen LogP contribution >= 0.6 is 11.6 Å². The van der Waals surface area contributed by atoms with Gasteiger partial charge in [-0.15, -0.1) is 0 Å². The zero-order valence-electron chi connectivity index (χ0n) is 13.9. The minimum atomic E-state index is -0.0120. The number of hydrogen-bond donors (Lipinski definition) is 1. The molecule has 0 unspecified atom stereocenters. The molecule has 3 aromatic rings. The average molecular weight is 354 g/mol. The van der Waals surface area contributed by atoms with Crippen molar-refractivity contribution in [3.8, 4) is 11.4 Å². The van der Waals surface area contributed by atoms with Gasteiger partial charge in [-0.25, -0.2) is 4.98 Å². The molecule has 0 atom stereocenters. The summed E-state index contributed by atoms with van der Waals surface area (Å²) >= 11 is 6.08. The Labute approximate surface area is 152 Å². The summed E-state index contributed by atoms with van der Waals surface area (Å²) in [5.41, 5.74) is 1.94. The van der Waals surface area contributed by atoms with Crippen molar-refractivity contribution in [1.82, 2.24) is 14.9 Å². The Morgan fingerprint density at radius 3 is 2.64 bits per heavy atom. The van der Waals surface area contributed by atoms with Crippen molar-refractivity contribution >= 4 is 17.5 Å². The van der Waals surface area contributed by atoms with Crippen LogP contribution in [-0.4, -0.2) is 22.0 Å². The smallest absolute Gasteiger partial charge is 0.224 e. The van der Waals surface area contributed by atoms with Gasteiger partial charge in [0.1, 0.15) is 5.82 Å². The maximum absolute atomic E-state index is 12.0. The van der Waals surface area contributed by atoms with Crippen LogP contribution in [0.3, 0.4) is 0 Å². The van der Waals surface area contributed by atoms with E-state index in [-0.39, 0.29) is 5.91 Å². The van der Waals surface area contributed by atoms with Crippen molar-refractivity contribution in [2.75, 3.05) is 6.54 Å². The van der Waals surface area contributed by atoms with Crippen molar-refractivity contribution in [2.45, 2.75) is 19.4 Å². The molecule has 0 bridgehead atoms. The number of amides is 1. The van der Waals surface area contributed by atoms with Crippen LogP contribution in [0.2, 0.25) is 5.02 Å². The molecule has 3 rings (SSSR count). The molecular formula is C20H20ClN3O. The van der Waals surface area contributed by atoms with E-state index in [0.29, 0.717) is 18.0 Å². The number of carbonyl (C=O) groups is 1. The van der Waals surface area contributed by atoms with Crippen LogP contribution in [0, 0.1) is 0 Å². The lowest BCUT2D eigenvalue weighted by molar-refractivity contribution is -0.120. The summed E-state index contributed by atoms with van der Waals surface area (Å²) in [6, 6.07) is 17.5. The van der Waals surface area contributed by atoms with Gasteiger partial charge in [0.15, 0.2) is 0 Å². The van der Waals surface area contributed by atoms with E-state index < -0.39 is 0 Å². The van der Waals surface area contributed by atoms with E-state index in [1.54, 1.807) is 12.3 Å². The van der Waals surface area contributed by atoms with Gasteiger partial charge in [-0.2, -0.15) is 0 Å². The highest BCUT2D eigenvalue weighted by atomic mass is 35.5. The van der Waals surface area contributed by atoms with Crippen molar-refractivity contribution in [3.05, 3.63) is 77.6 Å². The lowest BCUT2D eigenvalue weighted by Crippen LogP contribution is -2.26. The number of carbonyl (C=O) groups excluding carboxylic acids is 1. The molecule has 128 valence electrons. The molecule has 0 aliphatic heterocycles. The quantitative estimate of drug-likeness (QED) is 0.654. The third kappa shape index (κ3) is 4.70. The molecule has 1 amide bonds. The predicted molar refractivity (Wildman–Crippen MR) is 100 cm³/mol. The minimum Gasteiger partial charge on any atom is -0.356 e. The van der Waals surface area contributed by atoms with Crippen LogP contribution in [0.4, 0.5) is 0 Å². The Bertz CT molecular complexity index is 830. The summed E-state index contributed by atoms with van der Waals surface area (Å²) < 4.78 is 2.11. The molecule has 1 N–H and O–H groups in total. The second-order valence-electron chi connectivity index (χ2n) is 5.78. The highest BCUT2D eigenvalue weighted by Crippen LogP contribution is 2.17. The molecule has 0 radical (unpaired) electrons. The highest BCUT2D eigenvalue weighted by Gasteiger charge is 2.07. The second-order valence-corrected chi connectivity index (χ2v) is 6.19. The predicted octanol–water partition coefficient (Wildman–Crippen LogP) is 3.95. The molecule has 0 aliphatic carbocycles. The van der Waals surface area contributed by atoms with Gasteiger partial charge in [-0.3, -0.25) is 4.79 Å². The molecule has 2 aromatic carbocycles. The summed E-state index contributed by atoms with van der Waals surface area (Å²) in [5, 5.41) is 3.58. The van der Waals surface area contributed by atoms with Crippen LogP contribution in [-0.2, 0) is 17.8 Å². The SMILES string of the molecule is O=C(Cc1ccccc1Cl)NCCCn1ccnc1-c1ccccc1. The number of aromatic nitrogens is 2. The van der Waals surface area contributed by atoms with Gasteiger partial charge >= 0.3 is 0 Å². The molecule has 0 saturated heterocycles. The van der Waals surface area contributed by atoms with E-state index in [0.717, 1.165) is 29.9 Å². The fourth-order valence-corrected chi connectivity index (χ4v) is 2.89. The van der Waals surface area contributed by atoms with E-state index in [1.807, 2.05) is 54.7 Å². The van der Waals surface area contributed by atoms with Gasteiger partial charge in [0.2, 0.25) is 5.91 Å². The molecular weight excluding hydrogens is 334 g/mol. The number of hydrogen-bond acceptors (Lipinski definition) is 2. The normalized spacial score (nSPS) is 10.6. The molecule has 0 spiro atoms. The van der Waals surface area contributed by atoms with Crippen molar-refractivity contribution in [2.24, 2.45) is 0 Å². The monoisotopic (exact) mass is 353 g/mol. The Kier molecular flexibility index (Phi) is 5.86. The van der Waals surface area contributed by atoms with Crippen LogP contribution < -0.4 is 5.32 Å². The molecule has 25 heavy (non-hydrogen) atoms. The van der Waals surface area contributed by atoms with Gasteiger partial charge in [0.05, 0.1) is 6.42 Å². The highest BCUT2D eigenvalue weighted by molar-refractivity contribution is 6.31. The Morgan fingerprint density at radius 2 is 1.84 bits per heavy atom. The zero-order valence-corrected chi connectivity index (χ0v) is 14.6. The number of nitrogens with one attached hydrogen (secondary N) is 1. The number of nitrogens with zero attached hydrogens (tertiary/aromatic N) is 2. The third-order valence-corrected chi connectivity index (χ3v) is 4.32. The lowest BCUT2D eigenvalue weighted by atomic mass is 10.1. The summed E-state index contributed by atoms with van der Waals surface area (Å²) in [5.74, 6) is 0.935. The first-order valence-corrected chi connectivity index (χ1v) is 8.68. The molecule has 1 heterocycles. The maximum atomic E-state index is 12.0. The van der Waals surface area contributed by atoms with Gasteiger partial charge in [0.25, 0.3) is 0 Å². The first-order valence-electron chi connectivity index (χ1n) is 8.30. The van der Waals surface area contributed by atoms with Crippen LogP contribution in [0.5, 0.6) is 0 Å². The average Bonchev–Trinajstić information content (AvgIpc) is 3.10. The third-order valence-electron chi connectivity index (χ3n) is 3.95. The van der Waals surface area contributed by atoms with E-state index in [1.165, 1.54) is 0 Å². The summed E-state index contributed by atoms with van der Waals surface area (Å²) in [4.78, 5) is 16.5. The van der Waals surface area contributed by atoms with Gasteiger partial charge < -0.3 is 9.88 Å². The summed E-state index contributed by atoms with van der Waals surface area (Å²) in [6.07, 6.45) is 4.91. The van der Waals surface area contributed by atoms with Crippen molar-refractivity contribution in [3.63, 3.8) is 0 Å². The second kappa shape index (κ2) is 8.49. The van der Waals surface area contributed by atoms with Crippen molar-refractivity contribution in [1.29, 1.82) is 0 Å². The first kappa shape index (κ1) is 17.2. The topological polar surface area (TPSA) is 46.9 Å². The van der Waals surface area contributed by atoms with Crippen LogP contribution in [0.1, 0.15) is 12.0 Å². The fraction of sp³-hybridized carbons (Fsp3) is 0.200. The number of rotatable bonds is 7. The molecule has 5 heteroatoms. The van der Waals surface area contributed by atoms with E-state index in [4.69, 9.17) is 11.6 Å².